The number of carboxylic acid groups (broad SMARTS) is 1. The first-order valence-corrected chi connectivity index (χ1v) is 6.49. The number of aliphatic carboxylic acids is 1. The molecule has 6 heteroatoms. The van der Waals surface area contributed by atoms with Crippen molar-refractivity contribution >= 4 is 11.9 Å². The van der Waals surface area contributed by atoms with Gasteiger partial charge < -0.3 is 20.5 Å². The summed E-state index contributed by atoms with van der Waals surface area (Å²) in [4.78, 5) is 23.2. The van der Waals surface area contributed by atoms with Gasteiger partial charge in [-0.15, -0.1) is 0 Å². The number of hydrogen-bond acceptors (Lipinski definition) is 4. The number of carbonyl (C=O) groups excluding carboxylic acids is 1. The second kappa shape index (κ2) is 5.67. The van der Waals surface area contributed by atoms with E-state index in [0.29, 0.717) is 26.0 Å². The number of ether oxygens (including phenoxy) is 1. The average Bonchev–Trinajstić information content (AvgIpc) is 2.80. The first kappa shape index (κ1) is 13.3. The number of morpholine rings is 1. The van der Waals surface area contributed by atoms with E-state index in [1.54, 1.807) is 0 Å². The summed E-state index contributed by atoms with van der Waals surface area (Å²) < 4.78 is 5.44. The van der Waals surface area contributed by atoms with Crippen LogP contribution in [-0.4, -0.2) is 48.3 Å². The third-order valence-corrected chi connectivity index (χ3v) is 3.66. The Kier molecular flexibility index (Phi) is 4.19. The van der Waals surface area contributed by atoms with E-state index in [4.69, 9.17) is 4.74 Å². The van der Waals surface area contributed by atoms with Crippen LogP contribution in [0.3, 0.4) is 0 Å². The monoisotopic (exact) mass is 256 g/mol. The lowest BCUT2D eigenvalue weighted by atomic mass is 9.97. The summed E-state index contributed by atoms with van der Waals surface area (Å²) in [5.41, 5.74) is -1.04. The van der Waals surface area contributed by atoms with E-state index in [0.717, 1.165) is 19.4 Å². The van der Waals surface area contributed by atoms with Crippen LogP contribution >= 0.6 is 0 Å². The van der Waals surface area contributed by atoms with Crippen molar-refractivity contribution in [3.8, 4) is 0 Å². The van der Waals surface area contributed by atoms with Crippen molar-refractivity contribution in [2.24, 2.45) is 0 Å². The van der Waals surface area contributed by atoms with Crippen molar-refractivity contribution in [3.05, 3.63) is 0 Å². The summed E-state index contributed by atoms with van der Waals surface area (Å²) in [6, 6.07) is 0. The highest BCUT2D eigenvalue weighted by Gasteiger charge is 2.42. The lowest BCUT2D eigenvalue weighted by Gasteiger charge is -2.28. The van der Waals surface area contributed by atoms with E-state index in [1.807, 2.05) is 0 Å². The quantitative estimate of drug-likeness (QED) is 0.652. The van der Waals surface area contributed by atoms with Crippen molar-refractivity contribution < 1.29 is 19.4 Å². The number of nitrogens with one attached hydrogen (secondary N) is 2. The largest absolute Gasteiger partial charge is 0.480 e. The Morgan fingerprint density at radius 1 is 1.39 bits per heavy atom. The third kappa shape index (κ3) is 3.00. The fourth-order valence-electron chi connectivity index (χ4n) is 2.65. The highest BCUT2D eigenvalue weighted by molar-refractivity contribution is 5.87. The van der Waals surface area contributed by atoms with Crippen LogP contribution < -0.4 is 10.6 Å². The first-order valence-electron chi connectivity index (χ1n) is 6.49. The predicted molar refractivity (Wildman–Crippen MR) is 64.2 cm³/mol. The van der Waals surface area contributed by atoms with E-state index in [9.17, 15) is 14.7 Å². The van der Waals surface area contributed by atoms with Crippen LogP contribution in [0, 0.1) is 0 Å². The Bertz CT molecular complexity index is 320. The predicted octanol–water partition coefficient (Wildman–Crippen LogP) is -0.121. The van der Waals surface area contributed by atoms with E-state index in [2.05, 4.69) is 10.6 Å². The summed E-state index contributed by atoms with van der Waals surface area (Å²) in [7, 11) is 0. The van der Waals surface area contributed by atoms with Crippen molar-refractivity contribution in [1.82, 2.24) is 10.6 Å². The molecule has 18 heavy (non-hydrogen) atoms. The summed E-state index contributed by atoms with van der Waals surface area (Å²) in [6.07, 6.45) is 2.84. The van der Waals surface area contributed by atoms with Gasteiger partial charge in [0.2, 0.25) is 5.91 Å². The van der Waals surface area contributed by atoms with Crippen LogP contribution in [0.4, 0.5) is 0 Å². The minimum Gasteiger partial charge on any atom is -0.480 e. The molecule has 102 valence electrons. The molecule has 1 heterocycles. The molecule has 0 spiro atoms. The molecular formula is C12H20N2O4. The maximum atomic E-state index is 11.9. The maximum absolute atomic E-state index is 11.9. The van der Waals surface area contributed by atoms with E-state index in [-0.39, 0.29) is 18.4 Å². The van der Waals surface area contributed by atoms with Crippen molar-refractivity contribution in [3.63, 3.8) is 0 Å². The fraction of sp³-hybridized carbons (Fsp3) is 0.833. The molecule has 1 aliphatic carbocycles. The van der Waals surface area contributed by atoms with Crippen molar-refractivity contribution in [1.29, 1.82) is 0 Å². The molecule has 1 unspecified atom stereocenters. The van der Waals surface area contributed by atoms with Gasteiger partial charge in [-0.3, -0.25) is 4.79 Å². The van der Waals surface area contributed by atoms with Gasteiger partial charge in [0.15, 0.2) is 0 Å². The lowest BCUT2D eigenvalue weighted by molar-refractivity contribution is -0.148. The molecule has 1 saturated carbocycles. The highest BCUT2D eigenvalue weighted by Crippen LogP contribution is 2.30. The molecule has 2 fully saturated rings. The Balaban J connectivity index is 1.87. The van der Waals surface area contributed by atoms with Gasteiger partial charge in [-0.1, -0.05) is 12.8 Å². The third-order valence-electron chi connectivity index (χ3n) is 3.66. The molecule has 6 nitrogen and oxygen atoms in total. The van der Waals surface area contributed by atoms with Crippen LogP contribution in [0.5, 0.6) is 0 Å². The van der Waals surface area contributed by atoms with E-state index in [1.165, 1.54) is 0 Å². The molecule has 3 N–H and O–H groups in total. The zero-order chi connectivity index (χ0) is 13.0. The van der Waals surface area contributed by atoms with Gasteiger partial charge in [-0.2, -0.15) is 0 Å². The van der Waals surface area contributed by atoms with Crippen LogP contribution in [0.25, 0.3) is 0 Å². The maximum Gasteiger partial charge on any atom is 0.329 e. The number of carbonyl (C=O) groups is 2. The molecule has 0 aromatic rings. The van der Waals surface area contributed by atoms with Gasteiger partial charge in [0.1, 0.15) is 5.54 Å². The Morgan fingerprint density at radius 2 is 2.11 bits per heavy atom. The second-order valence-electron chi connectivity index (χ2n) is 5.04. The molecule has 1 atom stereocenters. The Hall–Kier alpha value is -1.14. The number of amides is 1. The van der Waals surface area contributed by atoms with Gasteiger partial charge in [0.05, 0.1) is 19.1 Å². The van der Waals surface area contributed by atoms with Gasteiger partial charge in [0, 0.05) is 13.1 Å². The van der Waals surface area contributed by atoms with Crippen LogP contribution in [0.15, 0.2) is 0 Å². The Morgan fingerprint density at radius 3 is 2.67 bits per heavy atom. The molecule has 1 saturated heterocycles. The summed E-state index contributed by atoms with van der Waals surface area (Å²) in [5.74, 6) is -1.15. The van der Waals surface area contributed by atoms with Gasteiger partial charge in [-0.25, -0.2) is 4.79 Å². The SMILES string of the molecule is O=C(CC1CNCCO1)NC1(C(=O)O)CCCC1. The molecule has 0 radical (unpaired) electrons. The minimum absolute atomic E-state index is 0.147. The molecule has 2 aliphatic rings. The Labute approximate surface area is 106 Å². The molecule has 1 amide bonds. The van der Waals surface area contributed by atoms with Crippen molar-refractivity contribution in [2.75, 3.05) is 19.7 Å². The second-order valence-corrected chi connectivity index (χ2v) is 5.04. The highest BCUT2D eigenvalue weighted by atomic mass is 16.5. The lowest BCUT2D eigenvalue weighted by Crippen LogP contribution is -2.53. The number of hydrogen-bond donors (Lipinski definition) is 3. The molecule has 1 aliphatic heterocycles. The topological polar surface area (TPSA) is 87.7 Å². The van der Waals surface area contributed by atoms with Crippen LogP contribution in [-0.2, 0) is 14.3 Å². The van der Waals surface area contributed by atoms with E-state index >= 15 is 0 Å². The number of rotatable bonds is 4. The molecule has 0 aromatic carbocycles. The van der Waals surface area contributed by atoms with E-state index < -0.39 is 11.5 Å². The van der Waals surface area contributed by atoms with Crippen LogP contribution in [0.1, 0.15) is 32.1 Å². The number of carboxylic acids is 1. The smallest absolute Gasteiger partial charge is 0.329 e. The van der Waals surface area contributed by atoms with Crippen LogP contribution in [0.2, 0.25) is 0 Å². The zero-order valence-corrected chi connectivity index (χ0v) is 10.4. The normalized spacial score (nSPS) is 26.8. The summed E-state index contributed by atoms with van der Waals surface area (Å²) in [5, 5.41) is 15.1. The summed E-state index contributed by atoms with van der Waals surface area (Å²) >= 11 is 0. The fourth-order valence-corrected chi connectivity index (χ4v) is 2.65. The zero-order valence-electron chi connectivity index (χ0n) is 10.4. The summed E-state index contributed by atoms with van der Waals surface area (Å²) in [6.45, 7) is 2.05. The first-order chi connectivity index (χ1) is 8.62. The molecular weight excluding hydrogens is 236 g/mol. The van der Waals surface area contributed by atoms with Gasteiger partial charge >= 0.3 is 5.97 Å². The molecule has 0 bridgehead atoms. The molecule has 2 rings (SSSR count). The van der Waals surface area contributed by atoms with Gasteiger partial charge in [-0.05, 0) is 12.8 Å². The molecule has 0 aromatic heterocycles. The standard InChI is InChI=1S/C12H20N2O4/c15-10(7-9-8-13-5-6-18-9)14-12(11(16)17)3-1-2-4-12/h9,13H,1-8H2,(H,14,15)(H,16,17). The van der Waals surface area contributed by atoms with Gasteiger partial charge in [0.25, 0.3) is 0 Å². The van der Waals surface area contributed by atoms with Crippen molar-refractivity contribution in [2.45, 2.75) is 43.7 Å². The minimum atomic E-state index is -1.04. The average molecular weight is 256 g/mol.